The van der Waals surface area contributed by atoms with Crippen molar-refractivity contribution in [3.05, 3.63) is 0 Å². The van der Waals surface area contributed by atoms with Crippen molar-refractivity contribution in [3.8, 4) is 0 Å². The molecule has 0 radical (unpaired) electrons. The molecule has 0 aromatic heterocycles. The van der Waals surface area contributed by atoms with E-state index in [9.17, 15) is 4.79 Å². The molecular weight excluding hydrogens is 232 g/mol. The first kappa shape index (κ1) is 13.6. The molecule has 0 aromatic carbocycles. The fraction of sp³-hybridized carbons (Fsp3) is 0.944. The van der Waals surface area contributed by atoms with E-state index in [1.807, 2.05) is 0 Å². The standard InChI is InChI=1S/C18H30O/c1-4-13(5-2)7-16(19)18-10-14-6-15(11-18)9-17(3,8-14)12-18/h13-15H,4-12H2,1-3H3. The minimum atomic E-state index is 0.113. The molecule has 4 bridgehead atoms. The van der Waals surface area contributed by atoms with Gasteiger partial charge in [0.1, 0.15) is 5.78 Å². The van der Waals surface area contributed by atoms with E-state index in [-0.39, 0.29) is 5.41 Å². The molecule has 108 valence electrons. The van der Waals surface area contributed by atoms with Crippen molar-refractivity contribution in [2.45, 2.75) is 78.6 Å². The Hall–Kier alpha value is -0.330. The van der Waals surface area contributed by atoms with E-state index in [4.69, 9.17) is 0 Å². The van der Waals surface area contributed by atoms with Gasteiger partial charge in [0.2, 0.25) is 0 Å². The second-order valence-electron chi connectivity index (χ2n) is 8.36. The largest absolute Gasteiger partial charge is 0.299 e. The molecule has 0 aliphatic heterocycles. The number of hydrogen-bond acceptors (Lipinski definition) is 1. The average Bonchev–Trinajstić information content (AvgIpc) is 2.32. The third kappa shape index (κ3) is 2.28. The van der Waals surface area contributed by atoms with Crippen molar-refractivity contribution in [1.82, 2.24) is 0 Å². The summed E-state index contributed by atoms with van der Waals surface area (Å²) in [6.07, 6.45) is 11.1. The first-order valence-corrected chi connectivity index (χ1v) is 8.52. The predicted octanol–water partition coefficient (Wildman–Crippen LogP) is 4.99. The van der Waals surface area contributed by atoms with Crippen LogP contribution in [0.4, 0.5) is 0 Å². The van der Waals surface area contributed by atoms with Crippen LogP contribution in [0, 0.1) is 28.6 Å². The van der Waals surface area contributed by atoms with E-state index in [2.05, 4.69) is 20.8 Å². The zero-order valence-electron chi connectivity index (χ0n) is 13.0. The van der Waals surface area contributed by atoms with Crippen LogP contribution >= 0.6 is 0 Å². The lowest BCUT2D eigenvalue weighted by Gasteiger charge is -2.60. The molecule has 4 aliphatic rings. The van der Waals surface area contributed by atoms with Crippen LogP contribution in [0.25, 0.3) is 0 Å². The van der Waals surface area contributed by atoms with Crippen LogP contribution in [-0.2, 0) is 4.79 Å². The van der Waals surface area contributed by atoms with Gasteiger partial charge in [0, 0.05) is 11.8 Å². The lowest BCUT2D eigenvalue weighted by molar-refractivity contribution is -0.154. The Labute approximate surface area is 118 Å². The van der Waals surface area contributed by atoms with E-state index < -0.39 is 0 Å². The Bertz CT molecular complexity index is 352. The smallest absolute Gasteiger partial charge is 0.139 e. The van der Waals surface area contributed by atoms with Crippen LogP contribution in [0.5, 0.6) is 0 Å². The van der Waals surface area contributed by atoms with Gasteiger partial charge in [-0.3, -0.25) is 4.79 Å². The molecule has 1 heteroatoms. The van der Waals surface area contributed by atoms with Gasteiger partial charge >= 0.3 is 0 Å². The average molecular weight is 262 g/mol. The molecule has 4 saturated carbocycles. The zero-order chi connectivity index (χ0) is 13.7. The topological polar surface area (TPSA) is 17.1 Å². The zero-order valence-corrected chi connectivity index (χ0v) is 13.0. The molecule has 0 amide bonds. The molecule has 0 aromatic rings. The number of ketones is 1. The summed E-state index contributed by atoms with van der Waals surface area (Å²) in [5.74, 6) is 3.02. The third-order valence-electron chi connectivity index (χ3n) is 6.57. The molecule has 0 N–H and O–H groups in total. The first-order chi connectivity index (χ1) is 8.98. The fourth-order valence-electron chi connectivity index (χ4n) is 6.10. The highest BCUT2D eigenvalue weighted by Crippen LogP contribution is 2.65. The van der Waals surface area contributed by atoms with Gasteiger partial charge in [-0.1, -0.05) is 33.6 Å². The normalized spacial score (nSPS) is 44.0. The molecule has 2 atom stereocenters. The quantitative estimate of drug-likeness (QED) is 0.682. The maximum atomic E-state index is 13.0. The number of carbonyl (C=O) groups is 1. The van der Waals surface area contributed by atoms with Gasteiger partial charge in [0.15, 0.2) is 0 Å². The Balaban J connectivity index is 1.78. The van der Waals surface area contributed by atoms with Gasteiger partial charge in [-0.2, -0.15) is 0 Å². The van der Waals surface area contributed by atoms with Gasteiger partial charge in [0.25, 0.3) is 0 Å². The predicted molar refractivity (Wildman–Crippen MR) is 78.9 cm³/mol. The van der Waals surface area contributed by atoms with E-state index >= 15 is 0 Å². The Morgan fingerprint density at radius 1 is 1.11 bits per heavy atom. The van der Waals surface area contributed by atoms with E-state index in [1.54, 1.807) is 0 Å². The van der Waals surface area contributed by atoms with Crippen molar-refractivity contribution < 1.29 is 4.79 Å². The summed E-state index contributed by atoms with van der Waals surface area (Å²) < 4.78 is 0. The molecule has 1 nitrogen and oxygen atoms in total. The van der Waals surface area contributed by atoms with Crippen LogP contribution in [0.3, 0.4) is 0 Å². The first-order valence-electron chi connectivity index (χ1n) is 8.52. The second-order valence-corrected chi connectivity index (χ2v) is 8.36. The highest BCUT2D eigenvalue weighted by Gasteiger charge is 2.58. The van der Waals surface area contributed by atoms with Gasteiger partial charge in [-0.25, -0.2) is 0 Å². The van der Waals surface area contributed by atoms with Gasteiger partial charge in [-0.05, 0) is 61.7 Å². The van der Waals surface area contributed by atoms with Crippen molar-refractivity contribution >= 4 is 5.78 Å². The molecule has 0 heterocycles. The summed E-state index contributed by atoms with van der Waals surface area (Å²) in [4.78, 5) is 13.0. The maximum Gasteiger partial charge on any atom is 0.139 e. The second kappa shape index (κ2) is 4.60. The fourth-order valence-corrected chi connectivity index (χ4v) is 6.10. The van der Waals surface area contributed by atoms with Crippen LogP contribution in [0.1, 0.15) is 78.6 Å². The molecule has 19 heavy (non-hydrogen) atoms. The van der Waals surface area contributed by atoms with E-state index in [0.717, 1.165) is 18.3 Å². The molecule has 4 fully saturated rings. The molecule has 0 saturated heterocycles. The van der Waals surface area contributed by atoms with Crippen LogP contribution in [-0.4, -0.2) is 5.78 Å². The van der Waals surface area contributed by atoms with E-state index in [0.29, 0.717) is 17.1 Å². The number of rotatable bonds is 5. The number of carbonyl (C=O) groups excluding carboxylic acids is 1. The summed E-state index contributed by atoms with van der Waals surface area (Å²) in [7, 11) is 0. The summed E-state index contributed by atoms with van der Waals surface area (Å²) in [6.45, 7) is 6.94. The van der Waals surface area contributed by atoms with Crippen molar-refractivity contribution in [2.75, 3.05) is 0 Å². The Morgan fingerprint density at radius 3 is 2.16 bits per heavy atom. The lowest BCUT2D eigenvalue weighted by atomic mass is 9.43. The van der Waals surface area contributed by atoms with E-state index in [1.165, 1.54) is 51.4 Å². The summed E-state index contributed by atoms with van der Waals surface area (Å²) in [6, 6.07) is 0. The summed E-state index contributed by atoms with van der Waals surface area (Å²) in [5.41, 5.74) is 0.620. The molecular formula is C18H30O. The molecule has 0 spiro atoms. The van der Waals surface area contributed by atoms with Crippen molar-refractivity contribution in [1.29, 1.82) is 0 Å². The van der Waals surface area contributed by atoms with Crippen molar-refractivity contribution in [3.63, 3.8) is 0 Å². The van der Waals surface area contributed by atoms with Gasteiger partial charge in [-0.15, -0.1) is 0 Å². The van der Waals surface area contributed by atoms with Crippen LogP contribution in [0.2, 0.25) is 0 Å². The van der Waals surface area contributed by atoms with Crippen molar-refractivity contribution in [2.24, 2.45) is 28.6 Å². The minimum Gasteiger partial charge on any atom is -0.299 e. The van der Waals surface area contributed by atoms with Crippen LogP contribution in [0.15, 0.2) is 0 Å². The number of Topliss-reactive ketones (excluding diaryl/α,β-unsaturated/α-hetero) is 1. The molecule has 4 rings (SSSR count). The Kier molecular flexibility index (Phi) is 3.30. The maximum absolute atomic E-state index is 13.0. The number of hydrogen-bond donors (Lipinski definition) is 0. The monoisotopic (exact) mass is 262 g/mol. The Morgan fingerprint density at radius 2 is 1.68 bits per heavy atom. The summed E-state index contributed by atoms with van der Waals surface area (Å²) in [5, 5.41) is 0. The van der Waals surface area contributed by atoms with Gasteiger partial charge < -0.3 is 0 Å². The SMILES string of the molecule is CCC(CC)CC(=O)C12CC3CC(CC(C)(C3)C1)C2. The lowest BCUT2D eigenvalue weighted by Crippen LogP contribution is -2.54. The molecule has 4 aliphatic carbocycles. The third-order valence-corrected chi connectivity index (χ3v) is 6.57. The highest BCUT2D eigenvalue weighted by molar-refractivity contribution is 5.85. The summed E-state index contributed by atoms with van der Waals surface area (Å²) >= 11 is 0. The molecule has 2 unspecified atom stereocenters. The van der Waals surface area contributed by atoms with Gasteiger partial charge in [0.05, 0.1) is 0 Å². The van der Waals surface area contributed by atoms with Crippen LogP contribution < -0.4 is 0 Å². The minimum absolute atomic E-state index is 0.113. The highest BCUT2D eigenvalue weighted by atomic mass is 16.1.